The quantitative estimate of drug-likeness (QED) is 0.339. The van der Waals surface area contributed by atoms with Gasteiger partial charge in [-0.25, -0.2) is 0 Å². The third-order valence-electron chi connectivity index (χ3n) is 2.76. The van der Waals surface area contributed by atoms with E-state index in [-0.39, 0.29) is 0 Å². The Bertz CT molecular complexity index is 179. The molecule has 2 heterocycles. The topological polar surface area (TPSA) is 35.8 Å². The fourth-order valence-corrected chi connectivity index (χ4v) is 2.61. The van der Waals surface area contributed by atoms with Crippen LogP contribution >= 0.6 is 9.39 Å². The predicted molar refractivity (Wildman–Crippen MR) is 46.8 cm³/mol. The molecule has 0 amide bonds. The molecule has 0 spiro atoms. The predicted octanol–water partition coefficient (Wildman–Crippen LogP) is 1.23. The van der Waals surface area contributed by atoms with Gasteiger partial charge in [-0.3, -0.25) is 4.67 Å². The molecular weight excluding hydrogens is 159 g/mol. The van der Waals surface area contributed by atoms with Gasteiger partial charge in [-0.1, -0.05) is 14.5 Å². The van der Waals surface area contributed by atoms with E-state index in [2.05, 4.69) is 19.2 Å². The van der Waals surface area contributed by atoms with Crippen molar-refractivity contribution in [2.45, 2.75) is 37.8 Å². The van der Waals surface area contributed by atoms with Gasteiger partial charge in [0.1, 0.15) is 0 Å². The number of piperidine rings is 1. The number of fused-ring (bicyclic) bond motifs is 2. The number of rotatable bonds is 0. The van der Waals surface area contributed by atoms with E-state index in [9.17, 15) is 0 Å². The van der Waals surface area contributed by atoms with Gasteiger partial charge in [0.05, 0.1) is 5.71 Å². The minimum atomic E-state index is 0.615. The van der Waals surface area contributed by atoms with Crippen LogP contribution in [-0.4, -0.2) is 27.7 Å². The van der Waals surface area contributed by atoms with Gasteiger partial charge in [-0.2, -0.15) is 0 Å². The lowest BCUT2D eigenvalue weighted by atomic mass is 10.0. The maximum absolute atomic E-state index is 8.60. The highest BCUT2D eigenvalue weighted by molar-refractivity contribution is 7.13. The lowest BCUT2D eigenvalue weighted by Gasteiger charge is -2.30. The monoisotopic (exact) mass is 172 g/mol. The van der Waals surface area contributed by atoms with Crippen molar-refractivity contribution in [1.29, 1.82) is 0 Å². The molecule has 1 N–H and O–H groups in total. The molecule has 3 atom stereocenters. The van der Waals surface area contributed by atoms with Gasteiger partial charge >= 0.3 is 0 Å². The second kappa shape index (κ2) is 2.72. The van der Waals surface area contributed by atoms with Crippen molar-refractivity contribution in [3.63, 3.8) is 0 Å². The highest BCUT2D eigenvalue weighted by Gasteiger charge is 2.36. The highest BCUT2D eigenvalue weighted by atomic mass is 31.0. The van der Waals surface area contributed by atoms with Gasteiger partial charge in [-0.05, 0) is 12.8 Å². The van der Waals surface area contributed by atoms with Crippen molar-refractivity contribution in [2.24, 2.45) is 5.16 Å². The molecule has 2 aliphatic rings. The van der Waals surface area contributed by atoms with Crippen LogP contribution in [0.15, 0.2) is 5.16 Å². The van der Waals surface area contributed by atoms with E-state index in [1.807, 2.05) is 0 Å². The molecule has 11 heavy (non-hydrogen) atoms. The Hall–Kier alpha value is -0.140. The molecule has 0 aromatic rings. The van der Waals surface area contributed by atoms with E-state index >= 15 is 0 Å². The van der Waals surface area contributed by atoms with Crippen LogP contribution in [0.3, 0.4) is 0 Å². The molecule has 2 rings (SSSR count). The summed E-state index contributed by atoms with van der Waals surface area (Å²) in [6.45, 7) is 0. The van der Waals surface area contributed by atoms with Gasteiger partial charge in [0.25, 0.3) is 0 Å². The fraction of sp³-hybridized carbons (Fsp3) is 0.857. The molecule has 4 heteroatoms. The number of hydrogen-bond donors (Lipinski definition) is 1. The Labute approximate surface area is 68.7 Å². The third-order valence-corrected chi connectivity index (χ3v) is 3.60. The normalized spacial score (nSPS) is 37.7. The van der Waals surface area contributed by atoms with Crippen LogP contribution in [0.4, 0.5) is 0 Å². The minimum absolute atomic E-state index is 0.615. The van der Waals surface area contributed by atoms with E-state index in [4.69, 9.17) is 5.21 Å². The third kappa shape index (κ3) is 1.17. The second-order valence-electron chi connectivity index (χ2n) is 3.41. The van der Waals surface area contributed by atoms with Crippen molar-refractivity contribution in [2.75, 3.05) is 0 Å². The fourth-order valence-electron chi connectivity index (χ4n) is 2.10. The van der Waals surface area contributed by atoms with Crippen LogP contribution in [0.2, 0.25) is 0 Å². The summed E-state index contributed by atoms with van der Waals surface area (Å²) in [7, 11) is 2.78. The lowest BCUT2D eigenvalue weighted by molar-refractivity contribution is 0.295. The average Bonchev–Trinajstić information content (AvgIpc) is 2.26. The molecule has 0 aromatic heterocycles. The zero-order valence-corrected chi connectivity index (χ0v) is 7.56. The Morgan fingerprint density at radius 3 is 2.36 bits per heavy atom. The molecule has 0 aliphatic carbocycles. The maximum Gasteiger partial charge on any atom is 0.0602 e. The molecule has 3 nitrogen and oxygen atoms in total. The minimum Gasteiger partial charge on any atom is -0.411 e. The summed E-state index contributed by atoms with van der Waals surface area (Å²) >= 11 is 0. The summed E-state index contributed by atoms with van der Waals surface area (Å²) in [6, 6.07) is 1.23. The molecule has 2 bridgehead atoms. The van der Waals surface area contributed by atoms with Crippen molar-refractivity contribution in [1.82, 2.24) is 4.67 Å². The molecule has 0 radical (unpaired) electrons. The van der Waals surface area contributed by atoms with Gasteiger partial charge in [0, 0.05) is 24.9 Å². The van der Waals surface area contributed by atoms with Crippen molar-refractivity contribution >= 4 is 15.1 Å². The van der Waals surface area contributed by atoms with E-state index < -0.39 is 0 Å². The molecule has 0 aromatic carbocycles. The van der Waals surface area contributed by atoms with Gasteiger partial charge in [-0.15, -0.1) is 0 Å². The van der Waals surface area contributed by atoms with E-state index in [1.165, 1.54) is 12.8 Å². The van der Waals surface area contributed by atoms with Crippen LogP contribution in [0.1, 0.15) is 25.7 Å². The summed E-state index contributed by atoms with van der Waals surface area (Å²) in [5.74, 6) is 0. The zero-order chi connectivity index (χ0) is 7.84. The van der Waals surface area contributed by atoms with Crippen LogP contribution in [0.5, 0.6) is 0 Å². The first-order valence-corrected chi connectivity index (χ1v) is 4.55. The highest BCUT2D eigenvalue weighted by Crippen LogP contribution is 2.36. The van der Waals surface area contributed by atoms with Crippen molar-refractivity contribution < 1.29 is 5.21 Å². The standard InChI is InChI=1S/C7H13N2OP/c10-8-5-3-6-1-2-7(4-5)9(6)11/h6-7,10H,1-4,11H2. The number of oxime groups is 1. The van der Waals surface area contributed by atoms with Crippen LogP contribution in [0, 0.1) is 0 Å². The van der Waals surface area contributed by atoms with E-state index in [0.29, 0.717) is 12.1 Å². The van der Waals surface area contributed by atoms with Crippen molar-refractivity contribution in [3.8, 4) is 0 Å². The van der Waals surface area contributed by atoms with Crippen molar-refractivity contribution in [3.05, 3.63) is 0 Å². The Balaban J connectivity index is 2.14. The molecule has 2 fully saturated rings. The maximum atomic E-state index is 8.60. The summed E-state index contributed by atoms with van der Waals surface area (Å²) < 4.78 is 2.34. The smallest absolute Gasteiger partial charge is 0.0602 e. The Morgan fingerprint density at radius 1 is 1.36 bits per heavy atom. The summed E-state index contributed by atoms with van der Waals surface area (Å²) in [4.78, 5) is 0. The van der Waals surface area contributed by atoms with Crippen LogP contribution in [-0.2, 0) is 0 Å². The largest absolute Gasteiger partial charge is 0.411 e. The first kappa shape index (κ1) is 7.51. The Kier molecular flexibility index (Phi) is 1.86. The summed E-state index contributed by atoms with van der Waals surface area (Å²) in [5, 5.41) is 11.9. The molecular formula is C7H13N2OP. The van der Waals surface area contributed by atoms with Gasteiger partial charge in [0.2, 0.25) is 0 Å². The zero-order valence-electron chi connectivity index (χ0n) is 6.40. The van der Waals surface area contributed by atoms with Gasteiger partial charge < -0.3 is 5.21 Å². The first-order valence-electron chi connectivity index (χ1n) is 4.04. The second-order valence-corrected chi connectivity index (χ2v) is 4.00. The Morgan fingerprint density at radius 2 is 1.91 bits per heavy atom. The molecule has 62 valence electrons. The average molecular weight is 172 g/mol. The SMILES string of the molecule is ON=C1CC2CCC(C1)N2P. The molecule has 2 aliphatic heterocycles. The van der Waals surface area contributed by atoms with Gasteiger partial charge in [0.15, 0.2) is 0 Å². The molecule has 2 saturated heterocycles. The first-order chi connectivity index (χ1) is 5.31. The molecule has 3 unspecified atom stereocenters. The number of hydrogen-bond acceptors (Lipinski definition) is 3. The van der Waals surface area contributed by atoms with Crippen LogP contribution in [0.25, 0.3) is 0 Å². The molecule has 0 saturated carbocycles. The van der Waals surface area contributed by atoms with E-state index in [0.717, 1.165) is 18.6 Å². The number of nitrogens with zero attached hydrogens (tertiary/aromatic N) is 2. The summed E-state index contributed by atoms with van der Waals surface area (Å²) in [6.07, 6.45) is 4.42. The van der Waals surface area contributed by atoms with E-state index in [1.54, 1.807) is 0 Å². The summed E-state index contributed by atoms with van der Waals surface area (Å²) in [5.41, 5.74) is 0.983. The lowest BCUT2D eigenvalue weighted by Crippen LogP contribution is -2.36. The van der Waals surface area contributed by atoms with Crippen LogP contribution < -0.4 is 0 Å².